The zero-order valence-electron chi connectivity index (χ0n) is 13.0. The summed E-state index contributed by atoms with van der Waals surface area (Å²) in [6.45, 7) is 8.37. The molecule has 1 heterocycles. The number of nitriles is 1. The van der Waals surface area contributed by atoms with E-state index in [1.807, 2.05) is 13.0 Å². The number of nitrogens with one attached hydrogen (secondary N) is 1. The third-order valence-corrected chi connectivity index (χ3v) is 4.08. The van der Waals surface area contributed by atoms with Gasteiger partial charge in [0, 0.05) is 18.8 Å². The van der Waals surface area contributed by atoms with Gasteiger partial charge < -0.3 is 5.32 Å². The molecule has 1 fully saturated rings. The molecule has 21 heavy (non-hydrogen) atoms. The van der Waals surface area contributed by atoms with Crippen LogP contribution in [0.2, 0.25) is 0 Å². The number of hydrogen-bond acceptors (Lipinski definition) is 3. The first-order chi connectivity index (χ1) is 9.99. The van der Waals surface area contributed by atoms with Gasteiger partial charge in [-0.1, -0.05) is 19.9 Å². The van der Waals surface area contributed by atoms with Crippen LogP contribution in [0.1, 0.15) is 32.8 Å². The second-order valence-electron chi connectivity index (χ2n) is 6.26. The second-order valence-corrected chi connectivity index (χ2v) is 6.26. The highest BCUT2D eigenvalue weighted by atomic mass is 16.2. The van der Waals surface area contributed by atoms with E-state index in [-0.39, 0.29) is 11.9 Å². The fourth-order valence-electron chi connectivity index (χ4n) is 3.11. The van der Waals surface area contributed by atoms with Gasteiger partial charge in [-0.05, 0) is 43.4 Å². The van der Waals surface area contributed by atoms with E-state index < -0.39 is 0 Å². The summed E-state index contributed by atoms with van der Waals surface area (Å²) in [6, 6.07) is 8.95. The van der Waals surface area contributed by atoms with Crippen LogP contribution in [-0.2, 0) is 4.79 Å². The van der Waals surface area contributed by atoms with Crippen molar-refractivity contribution in [3.8, 4) is 6.07 Å². The highest BCUT2D eigenvalue weighted by molar-refractivity contribution is 5.94. The van der Waals surface area contributed by atoms with Gasteiger partial charge in [0.25, 0.3) is 0 Å². The molecule has 0 aromatic heterocycles. The third-order valence-electron chi connectivity index (χ3n) is 4.08. The van der Waals surface area contributed by atoms with Gasteiger partial charge in [-0.25, -0.2) is 0 Å². The number of nitrogens with zero attached hydrogens (tertiary/aromatic N) is 2. The normalized spacial score (nSPS) is 24.1. The standard InChI is InChI=1S/C17H23N3O/c1-12-7-13(2)11-20(10-12)14(3)17(21)19-16-6-4-5-15(8-16)9-18/h4-6,8,12-14H,7,10-11H2,1-3H3,(H,19,21)/t12-,13-,14-/m0/s1. The highest BCUT2D eigenvalue weighted by Gasteiger charge is 2.28. The van der Waals surface area contributed by atoms with Crippen molar-refractivity contribution < 1.29 is 4.79 Å². The molecule has 1 aromatic carbocycles. The van der Waals surface area contributed by atoms with E-state index in [0.29, 0.717) is 23.1 Å². The van der Waals surface area contributed by atoms with Crippen molar-refractivity contribution in [3.63, 3.8) is 0 Å². The van der Waals surface area contributed by atoms with E-state index in [4.69, 9.17) is 5.26 Å². The largest absolute Gasteiger partial charge is 0.325 e. The summed E-state index contributed by atoms with van der Waals surface area (Å²) >= 11 is 0. The maximum atomic E-state index is 12.4. The minimum Gasteiger partial charge on any atom is -0.325 e. The lowest BCUT2D eigenvalue weighted by Gasteiger charge is -2.38. The fraction of sp³-hybridized carbons (Fsp3) is 0.529. The Kier molecular flexibility index (Phi) is 4.98. The zero-order chi connectivity index (χ0) is 15.4. The average molecular weight is 285 g/mol. The van der Waals surface area contributed by atoms with Crippen molar-refractivity contribution in [2.45, 2.75) is 33.2 Å². The molecule has 1 aliphatic heterocycles. The van der Waals surface area contributed by atoms with Gasteiger partial charge in [-0.2, -0.15) is 5.26 Å². The molecule has 112 valence electrons. The van der Waals surface area contributed by atoms with Gasteiger partial charge in [0.1, 0.15) is 0 Å². The molecule has 1 amide bonds. The Morgan fingerprint density at radius 2 is 2.05 bits per heavy atom. The van der Waals surface area contributed by atoms with Crippen LogP contribution in [0.25, 0.3) is 0 Å². The molecule has 0 aliphatic carbocycles. The number of carbonyl (C=O) groups is 1. The van der Waals surface area contributed by atoms with Crippen LogP contribution < -0.4 is 5.32 Å². The van der Waals surface area contributed by atoms with Crippen LogP contribution in [0.15, 0.2) is 24.3 Å². The first-order valence-electron chi connectivity index (χ1n) is 7.54. The number of likely N-dealkylation sites (tertiary alicyclic amines) is 1. The molecule has 1 saturated heterocycles. The second kappa shape index (κ2) is 6.73. The molecular formula is C17H23N3O. The molecule has 1 aliphatic rings. The van der Waals surface area contributed by atoms with Crippen molar-refractivity contribution in [3.05, 3.63) is 29.8 Å². The maximum Gasteiger partial charge on any atom is 0.241 e. The molecule has 0 saturated carbocycles. The topological polar surface area (TPSA) is 56.1 Å². The zero-order valence-corrected chi connectivity index (χ0v) is 13.0. The van der Waals surface area contributed by atoms with E-state index in [2.05, 4.69) is 30.1 Å². The van der Waals surface area contributed by atoms with Gasteiger partial charge in [-0.15, -0.1) is 0 Å². The summed E-state index contributed by atoms with van der Waals surface area (Å²) in [5, 5.41) is 11.8. The molecule has 1 N–H and O–H groups in total. The Morgan fingerprint density at radius 3 is 2.67 bits per heavy atom. The Labute approximate surface area is 126 Å². The summed E-state index contributed by atoms with van der Waals surface area (Å²) in [5.74, 6) is 1.25. The van der Waals surface area contributed by atoms with Crippen LogP contribution in [0.4, 0.5) is 5.69 Å². The minimum atomic E-state index is -0.152. The fourth-order valence-corrected chi connectivity index (χ4v) is 3.11. The predicted octanol–water partition coefficient (Wildman–Crippen LogP) is 2.86. The van der Waals surface area contributed by atoms with Crippen LogP contribution in [0, 0.1) is 23.2 Å². The Balaban J connectivity index is 2.00. The molecule has 4 nitrogen and oxygen atoms in total. The summed E-state index contributed by atoms with van der Waals surface area (Å²) in [4.78, 5) is 14.6. The number of piperidine rings is 1. The summed E-state index contributed by atoms with van der Waals surface area (Å²) < 4.78 is 0. The number of benzene rings is 1. The summed E-state index contributed by atoms with van der Waals surface area (Å²) in [7, 11) is 0. The molecule has 1 aromatic rings. The molecule has 0 unspecified atom stereocenters. The third kappa shape index (κ3) is 4.05. The van der Waals surface area contributed by atoms with Crippen molar-refractivity contribution in [1.29, 1.82) is 5.26 Å². The summed E-state index contributed by atoms with van der Waals surface area (Å²) in [5.41, 5.74) is 1.24. The number of amides is 1. The Bertz CT molecular complexity index is 539. The molecule has 0 bridgehead atoms. The molecule has 3 atom stereocenters. The predicted molar refractivity (Wildman–Crippen MR) is 83.8 cm³/mol. The van der Waals surface area contributed by atoms with Crippen LogP contribution in [-0.4, -0.2) is 29.9 Å². The van der Waals surface area contributed by atoms with Crippen molar-refractivity contribution in [2.75, 3.05) is 18.4 Å². The van der Waals surface area contributed by atoms with E-state index in [1.165, 1.54) is 6.42 Å². The monoisotopic (exact) mass is 285 g/mol. The average Bonchev–Trinajstić information content (AvgIpc) is 2.45. The van der Waals surface area contributed by atoms with E-state index in [9.17, 15) is 4.79 Å². The Morgan fingerprint density at radius 1 is 1.38 bits per heavy atom. The highest BCUT2D eigenvalue weighted by Crippen LogP contribution is 2.23. The van der Waals surface area contributed by atoms with Crippen LogP contribution in [0.3, 0.4) is 0 Å². The maximum absolute atomic E-state index is 12.4. The molecule has 0 radical (unpaired) electrons. The molecular weight excluding hydrogens is 262 g/mol. The van der Waals surface area contributed by atoms with Crippen molar-refractivity contribution >= 4 is 11.6 Å². The summed E-state index contributed by atoms with van der Waals surface area (Å²) in [6.07, 6.45) is 1.23. The lowest BCUT2D eigenvalue weighted by atomic mass is 9.91. The lowest BCUT2D eigenvalue weighted by molar-refractivity contribution is -0.121. The van der Waals surface area contributed by atoms with Crippen molar-refractivity contribution in [2.24, 2.45) is 11.8 Å². The quantitative estimate of drug-likeness (QED) is 0.929. The molecule has 4 heteroatoms. The van der Waals surface area contributed by atoms with Crippen molar-refractivity contribution in [1.82, 2.24) is 4.90 Å². The molecule has 2 rings (SSSR count). The SMILES string of the molecule is C[C@H]1C[C@H](C)CN([C@@H](C)C(=O)Nc2cccc(C#N)c2)C1. The lowest BCUT2D eigenvalue weighted by Crippen LogP contribution is -2.48. The number of carbonyl (C=O) groups excluding carboxylic acids is 1. The van der Waals surface area contributed by atoms with Gasteiger partial charge in [0.05, 0.1) is 17.7 Å². The first-order valence-corrected chi connectivity index (χ1v) is 7.54. The van der Waals surface area contributed by atoms with E-state index >= 15 is 0 Å². The van der Waals surface area contributed by atoms with Gasteiger partial charge in [0.2, 0.25) is 5.91 Å². The van der Waals surface area contributed by atoms with E-state index in [1.54, 1.807) is 18.2 Å². The molecule has 0 spiro atoms. The number of hydrogen-bond donors (Lipinski definition) is 1. The first kappa shape index (κ1) is 15.5. The number of anilines is 1. The van der Waals surface area contributed by atoms with Crippen LogP contribution >= 0.6 is 0 Å². The van der Waals surface area contributed by atoms with E-state index in [0.717, 1.165) is 13.1 Å². The Hall–Kier alpha value is -1.86. The number of rotatable bonds is 3. The van der Waals surface area contributed by atoms with Gasteiger partial charge in [-0.3, -0.25) is 9.69 Å². The minimum absolute atomic E-state index is 0.00797. The van der Waals surface area contributed by atoms with Crippen LogP contribution in [0.5, 0.6) is 0 Å². The van der Waals surface area contributed by atoms with Gasteiger partial charge >= 0.3 is 0 Å². The smallest absolute Gasteiger partial charge is 0.241 e. The van der Waals surface area contributed by atoms with Gasteiger partial charge in [0.15, 0.2) is 0 Å².